The number of likely N-dealkylation sites (N-methyl/N-ethyl adjacent to an activating group) is 6. The second-order valence-electron chi connectivity index (χ2n) is 34.0. The van der Waals surface area contributed by atoms with Crippen molar-refractivity contribution in [3.63, 3.8) is 0 Å². The highest BCUT2D eigenvalue weighted by Crippen LogP contribution is 2.44. The molecule has 7 aliphatic rings. The number of alkyl halides is 4. The van der Waals surface area contributed by atoms with Crippen LogP contribution in [0.15, 0.2) is 0 Å². The number of hydrogen-bond acceptors (Lipinski definition) is 13. The zero-order valence-electron chi connectivity index (χ0n) is 65.8. The Bertz CT molecular complexity index is 3080. The van der Waals surface area contributed by atoms with Crippen molar-refractivity contribution in [3.8, 4) is 0 Å². The Kier molecular flexibility index (Phi) is 31.4. The van der Waals surface area contributed by atoms with Crippen LogP contribution in [0.25, 0.3) is 0 Å². The van der Waals surface area contributed by atoms with E-state index in [1.807, 2.05) is 41.5 Å². The molecule has 3 aliphatic heterocycles. The van der Waals surface area contributed by atoms with Gasteiger partial charge in [-0.05, 0) is 131 Å². The van der Waals surface area contributed by atoms with Crippen molar-refractivity contribution in [2.75, 3.05) is 101 Å². The van der Waals surface area contributed by atoms with Gasteiger partial charge in [-0.25, -0.2) is 0 Å². The number of ether oxygens (including phenoxy) is 1. The molecular weight excluding hydrogens is 1390 g/mol. The minimum Gasteiger partial charge on any atom is -0.378 e. The van der Waals surface area contributed by atoms with E-state index in [2.05, 4.69) is 22.9 Å². The summed E-state index contributed by atoms with van der Waals surface area (Å²) in [5.74, 6) is -10.3. The number of nitrogens with one attached hydrogen (secondary N) is 3. The lowest BCUT2D eigenvalue weighted by Crippen LogP contribution is -2.65. The molecule has 7 rings (SSSR count). The third-order valence-electron chi connectivity index (χ3n) is 24.2. The molecule has 600 valence electrons. The average molecular weight is 1520 g/mol. The Hall–Kier alpha value is -6.32. The summed E-state index contributed by atoms with van der Waals surface area (Å²) >= 11 is 6.45. The molecule has 4 saturated carbocycles. The summed E-state index contributed by atoms with van der Waals surface area (Å²) in [7, 11) is 8.66. The zero-order chi connectivity index (χ0) is 78.4. The first-order valence-corrected chi connectivity index (χ1v) is 39.8. The molecule has 3 saturated heterocycles. The van der Waals surface area contributed by atoms with Crippen LogP contribution >= 0.6 is 11.6 Å². The Morgan fingerprint density at radius 2 is 1.25 bits per heavy atom. The van der Waals surface area contributed by atoms with Gasteiger partial charge in [0.05, 0.1) is 45.2 Å². The van der Waals surface area contributed by atoms with E-state index in [1.54, 1.807) is 6.92 Å². The molecule has 11 atom stereocenters. The van der Waals surface area contributed by atoms with Gasteiger partial charge in [0.2, 0.25) is 70.9 Å². The highest BCUT2D eigenvalue weighted by molar-refractivity contribution is 6.21. The van der Waals surface area contributed by atoms with Crippen molar-refractivity contribution in [2.45, 2.75) is 269 Å². The molecule has 7 fully saturated rings. The standard InChI is InChI=1S/C77H126ClF3N12O13/c1-15-50(5)65-72(103)87(11)46-63(96)85(9)47-64(97)92(36-34-75(6,7)8)60(43-52-26-24-49(4)25-27-52)70(101)86(10)45-61(94)82-56(31-29-51-28-30-54(55(78)42-51)77(79,80)81)69(100)93-35-20-23-57(93)68(99)84-76(32-18-19-33-76)74(105)90(14)66(53-21-16-17-22-53)73(104)89(13)59(71(102)91-37-39-106-40-38-91)44-62(95)88(12)58(41-48(2)3)67(98)83-65/h48-60,65-66H,15-47H2,1-14H3,(H,82,94)(H,83,98)(H,84,99)/t49?,50-,51?,52?,54?,55?,56-,57-,58-,59-,60-,65-,66-/m0/s1. The molecule has 0 aromatic rings. The van der Waals surface area contributed by atoms with Crippen molar-refractivity contribution in [3.05, 3.63) is 0 Å². The van der Waals surface area contributed by atoms with Crippen molar-refractivity contribution >= 4 is 82.5 Å². The van der Waals surface area contributed by atoms with Gasteiger partial charge in [-0.3, -0.25) is 57.5 Å². The number of amides is 12. The molecule has 29 heteroatoms. The van der Waals surface area contributed by atoms with Crippen LogP contribution in [0.2, 0.25) is 0 Å². The van der Waals surface area contributed by atoms with Crippen LogP contribution in [0.4, 0.5) is 13.2 Å². The van der Waals surface area contributed by atoms with Crippen LogP contribution in [0.3, 0.4) is 0 Å². The molecular formula is C77H126ClF3N12O13. The first kappa shape index (κ1) is 86.9. The number of nitrogens with zero attached hydrogens (tertiary/aromatic N) is 9. The summed E-state index contributed by atoms with van der Waals surface area (Å²) in [6.07, 6.45) is 3.91. The average Bonchev–Trinajstić information content (AvgIpc) is 1.53. The fourth-order valence-corrected chi connectivity index (χ4v) is 17.6. The molecule has 3 heterocycles. The lowest BCUT2D eigenvalue weighted by Gasteiger charge is -2.42. The van der Waals surface area contributed by atoms with Crippen molar-refractivity contribution in [2.24, 2.45) is 46.8 Å². The van der Waals surface area contributed by atoms with Crippen LogP contribution in [-0.2, 0) is 62.3 Å². The maximum absolute atomic E-state index is 15.8. The summed E-state index contributed by atoms with van der Waals surface area (Å²) in [5.41, 5.74) is -1.92. The molecule has 0 radical (unpaired) electrons. The Balaban J connectivity index is 1.31. The molecule has 4 aliphatic carbocycles. The first-order chi connectivity index (χ1) is 49.8. The molecule has 25 nitrogen and oxygen atoms in total. The lowest BCUT2D eigenvalue weighted by molar-refractivity contribution is -0.182. The Labute approximate surface area is 632 Å². The van der Waals surface area contributed by atoms with E-state index in [9.17, 15) is 32.3 Å². The molecule has 0 bridgehead atoms. The number of carbonyl (C=O) groups is 12. The Morgan fingerprint density at radius 3 is 1.85 bits per heavy atom. The number of morpholine rings is 1. The quantitative estimate of drug-likeness (QED) is 0.157. The summed E-state index contributed by atoms with van der Waals surface area (Å²) in [4.78, 5) is 194. The van der Waals surface area contributed by atoms with Gasteiger partial charge in [-0.2, -0.15) is 13.2 Å². The smallest absolute Gasteiger partial charge is 0.378 e. The Morgan fingerprint density at radius 1 is 0.642 bits per heavy atom. The van der Waals surface area contributed by atoms with Gasteiger partial charge in [0, 0.05) is 73.8 Å². The van der Waals surface area contributed by atoms with Crippen LogP contribution in [0.5, 0.6) is 0 Å². The molecule has 3 unspecified atom stereocenters. The SMILES string of the molecule is CC[C@H](C)[C@@H]1NC(=O)[C@H](CC(C)C)N(C)C(=O)C[C@@H](C(=O)N2CCOCC2)N(C)C(=O)[C@H](C2CCCC2)N(C)C(=O)C2(CCCC2)NC(=O)[C@@H]2CCCN2C(=O)[C@H](CCC2CCC(C(F)(F)F)C(Cl)C2)NC(=O)CN(C)C(=O)[C@H](CC2CCC(C)CC2)N(CCC(C)(C)C)C(=O)CN(C)C(=O)CN(C)C1=O. The number of fused-ring (bicyclic) bond motifs is 1. The van der Waals surface area contributed by atoms with Crippen molar-refractivity contribution < 1.29 is 75.4 Å². The molecule has 12 amide bonds. The largest absolute Gasteiger partial charge is 0.393 e. The van der Waals surface area contributed by atoms with Crippen LogP contribution < -0.4 is 16.0 Å². The number of halogens is 4. The fraction of sp³-hybridized carbons (Fsp3) is 0.844. The monoisotopic (exact) mass is 1520 g/mol. The highest BCUT2D eigenvalue weighted by Gasteiger charge is 2.53. The normalized spacial score (nSPS) is 30.4. The molecule has 106 heavy (non-hydrogen) atoms. The van der Waals surface area contributed by atoms with E-state index in [-0.39, 0.29) is 127 Å². The third-order valence-corrected chi connectivity index (χ3v) is 24.7. The molecule has 0 aromatic heterocycles. The maximum Gasteiger partial charge on any atom is 0.393 e. The molecule has 1 spiro atoms. The van der Waals surface area contributed by atoms with E-state index in [0.29, 0.717) is 50.9 Å². The van der Waals surface area contributed by atoms with Crippen LogP contribution in [0.1, 0.15) is 209 Å². The van der Waals surface area contributed by atoms with Gasteiger partial charge in [0.25, 0.3) is 0 Å². The minimum atomic E-state index is -4.52. The second kappa shape index (κ2) is 38.4. The van der Waals surface area contributed by atoms with E-state index in [0.717, 1.165) is 38.5 Å². The number of carbonyl (C=O) groups excluding carboxylic acids is 12. The zero-order valence-corrected chi connectivity index (χ0v) is 66.6. The number of hydrogen-bond donors (Lipinski definition) is 3. The van der Waals surface area contributed by atoms with Gasteiger partial charge in [-0.1, -0.05) is 113 Å². The summed E-state index contributed by atoms with van der Waals surface area (Å²) < 4.78 is 47.9. The van der Waals surface area contributed by atoms with Crippen molar-refractivity contribution in [1.29, 1.82) is 0 Å². The first-order valence-electron chi connectivity index (χ1n) is 39.4. The second-order valence-corrected chi connectivity index (χ2v) is 34.5. The van der Waals surface area contributed by atoms with Crippen molar-refractivity contribution in [1.82, 2.24) is 60.0 Å². The molecule has 3 N–H and O–H groups in total. The van der Waals surface area contributed by atoms with Gasteiger partial charge in [0.1, 0.15) is 47.8 Å². The summed E-state index contributed by atoms with van der Waals surface area (Å²) in [5, 5.41) is 7.69. The maximum atomic E-state index is 15.8. The fourth-order valence-electron chi connectivity index (χ4n) is 17.1. The van der Waals surface area contributed by atoms with E-state index >= 15 is 38.4 Å². The van der Waals surface area contributed by atoms with Crippen LogP contribution in [0, 0.1) is 46.8 Å². The van der Waals surface area contributed by atoms with Gasteiger partial charge >= 0.3 is 6.18 Å². The van der Waals surface area contributed by atoms with Gasteiger partial charge in [0.15, 0.2) is 0 Å². The third kappa shape index (κ3) is 22.7. The topological polar surface area (TPSA) is 279 Å². The van der Waals surface area contributed by atoms with Gasteiger partial charge < -0.3 is 64.8 Å². The number of rotatable bonds is 13. The van der Waals surface area contributed by atoms with E-state index < -0.39 is 174 Å². The van der Waals surface area contributed by atoms with E-state index in [4.69, 9.17) is 16.3 Å². The predicted octanol–water partition coefficient (Wildman–Crippen LogP) is 6.99. The van der Waals surface area contributed by atoms with Gasteiger partial charge in [-0.15, -0.1) is 11.6 Å². The predicted molar refractivity (Wildman–Crippen MR) is 394 cm³/mol. The molecule has 0 aromatic carbocycles. The summed E-state index contributed by atoms with van der Waals surface area (Å²) in [6, 6.07) is -8.69. The lowest BCUT2D eigenvalue weighted by atomic mass is 9.78. The van der Waals surface area contributed by atoms with Crippen LogP contribution in [-0.4, -0.2) is 276 Å². The van der Waals surface area contributed by atoms with E-state index in [1.165, 1.54) is 86.4 Å². The summed E-state index contributed by atoms with van der Waals surface area (Å²) in [6.45, 7) is 14.7. The highest BCUT2D eigenvalue weighted by atomic mass is 35.5. The minimum absolute atomic E-state index is 0.000266.